The summed E-state index contributed by atoms with van der Waals surface area (Å²) in [6.07, 6.45) is 3.97. The first-order chi connectivity index (χ1) is 6.29. The maximum Gasteiger partial charge on any atom is 0.409 e. The first-order valence-corrected chi connectivity index (χ1v) is 4.84. The molecule has 1 aliphatic heterocycles. The van der Waals surface area contributed by atoms with Crippen molar-refractivity contribution < 1.29 is 9.53 Å². The Balaban J connectivity index is 2.39. The largest absolute Gasteiger partial charge is 0.453 e. The predicted molar refractivity (Wildman–Crippen MR) is 50.4 cm³/mol. The summed E-state index contributed by atoms with van der Waals surface area (Å²) in [6.45, 7) is 1.54. The lowest BCUT2D eigenvalue weighted by Gasteiger charge is -2.22. The van der Waals surface area contributed by atoms with Crippen LogP contribution in [0.15, 0.2) is 0 Å². The molecule has 0 spiro atoms. The maximum atomic E-state index is 11.3. The number of hydrogen-bond acceptors (Lipinski definition) is 3. The van der Waals surface area contributed by atoms with E-state index in [1.54, 1.807) is 0 Å². The Morgan fingerprint density at radius 2 is 2.46 bits per heavy atom. The average molecular weight is 186 g/mol. The first-order valence-electron chi connectivity index (χ1n) is 4.84. The molecule has 1 fully saturated rings. The van der Waals surface area contributed by atoms with Gasteiger partial charge in [0.25, 0.3) is 0 Å². The summed E-state index contributed by atoms with van der Waals surface area (Å²) in [7, 11) is 1.43. The lowest BCUT2D eigenvalue weighted by molar-refractivity contribution is 0.117. The highest BCUT2D eigenvalue weighted by Gasteiger charge is 2.28. The van der Waals surface area contributed by atoms with E-state index in [0.29, 0.717) is 12.6 Å². The molecule has 0 radical (unpaired) electrons. The molecule has 0 bridgehead atoms. The van der Waals surface area contributed by atoms with Crippen molar-refractivity contribution in [3.8, 4) is 0 Å². The van der Waals surface area contributed by atoms with Crippen LogP contribution in [-0.4, -0.2) is 37.2 Å². The molecule has 1 amide bonds. The summed E-state index contributed by atoms with van der Waals surface area (Å²) >= 11 is 0. The number of rotatable bonds is 3. The predicted octanol–water partition coefficient (Wildman–Crippen LogP) is 0.956. The van der Waals surface area contributed by atoms with Crippen LogP contribution < -0.4 is 5.73 Å². The van der Waals surface area contributed by atoms with Gasteiger partial charge in [-0.05, 0) is 32.2 Å². The fourth-order valence-electron chi connectivity index (χ4n) is 1.85. The van der Waals surface area contributed by atoms with Crippen molar-refractivity contribution in [1.82, 2.24) is 4.90 Å². The van der Waals surface area contributed by atoms with Gasteiger partial charge in [0.15, 0.2) is 0 Å². The lowest BCUT2D eigenvalue weighted by Crippen LogP contribution is -2.35. The zero-order valence-electron chi connectivity index (χ0n) is 8.16. The number of carbonyl (C=O) groups excluding carboxylic acids is 1. The van der Waals surface area contributed by atoms with E-state index in [0.717, 1.165) is 32.2 Å². The molecule has 0 aromatic heterocycles. The van der Waals surface area contributed by atoms with Gasteiger partial charge in [0.2, 0.25) is 0 Å². The molecule has 76 valence electrons. The number of methoxy groups -OCH3 is 1. The van der Waals surface area contributed by atoms with Crippen LogP contribution in [0, 0.1) is 0 Å². The number of carbonyl (C=O) groups is 1. The normalized spacial score (nSPS) is 22.0. The molecule has 1 unspecified atom stereocenters. The minimum absolute atomic E-state index is 0.195. The minimum atomic E-state index is -0.195. The van der Waals surface area contributed by atoms with Crippen molar-refractivity contribution in [2.45, 2.75) is 31.7 Å². The van der Waals surface area contributed by atoms with Crippen LogP contribution >= 0.6 is 0 Å². The van der Waals surface area contributed by atoms with Gasteiger partial charge >= 0.3 is 6.09 Å². The minimum Gasteiger partial charge on any atom is -0.453 e. The van der Waals surface area contributed by atoms with Gasteiger partial charge < -0.3 is 15.4 Å². The highest BCUT2D eigenvalue weighted by atomic mass is 16.5. The Morgan fingerprint density at radius 3 is 3.08 bits per heavy atom. The number of hydrogen-bond donors (Lipinski definition) is 1. The van der Waals surface area contributed by atoms with Gasteiger partial charge in [-0.2, -0.15) is 0 Å². The second-order valence-electron chi connectivity index (χ2n) is 3.39. The Bertz CT molecular complexity index is 173. The Morgan fingerprint density at radius 1 is 1.69 bits per heavy atom. The molecular weight excluding hydrogens is 168 g/mol. The number of likely N-dealkylation sites (tertiary alicyclic amines) is 1. The molecule has 0 aromatic rings. The highest BCUT2D eigenvalue weighted by Crippen LogP contribution is 2.21. The molecule has 2 N–H and O–H groups in total. The van der Waals surface area contributed by atoms with Crippen molar-refractivity contribution >= 4 is 6.09 Å². The SMILES string of the molecule is COC(=O)N1CCCC1CCCN. The van der Waals surface area contributed by atoms with Gasteiger partial charge in [0.05, 0.1) is 7.11 Å². The van der Waals surface area contributed by atoms with Crippen LogP contribution in [0.1, 0.15) is 25.7 Å². The fraction of sp³-hybridized carbons (Fsp3) is 0.889. The second-order valence-corrected chi connectivity index (χ2v) is 3.39. The maximum absolute atomic E-state index is 11.3. The van der Waals surface area contributed by atoms with Gasteiger partial charge in [-0.1, -0.05) is 0 Å². The first kappa shape index (κ1) is 10.3. The molecule has 1 saturated heterocycles. The zero-order valence-corrected chi connectivity index (χ0v) is 8.16. The van der Waals surface area contributed by atoms with E-state index in [4.69, 9.17) is 10.5 Å². The number of ether oxygens (including phenoxy) is 1. The Labute approximate surface area is 79.0 Å². The molecule has 1 rings (SSSR count). The zero-order chi connectivity index (χ0) is 9.68. The average Bonchev–Trinajstić information content (AvgIpc) is 2.61. The summed E-state index contributed by atoms with van der Waals surface area (Å²) in [5, 5.41) is 0. The van der Waals surface area contributed by atoms with E-state index in [9.17, 15) is 4.79 Å². The van der Waals surface area contributed by atoms with E-state index in [2.05, 4.69) is 0 Å². The van der Waals surface area contributed by atoms with E-state index in [1.165, 1.54) is 7.11 Å². The van der Waals surface area contributed by atoms with Crippen molar-refractivity contribution in [2.24, 2.45) is 5.73 Å². The number of nitrogens with zero attached hydrogens (tertiary/aromatic N) is 1. The van der Waals surface area contributed by atoms with Crippen LogP contribution in [0.2, 0.25) is 0 Å². The fourth-order valence-corrected chi connectivity index (χ4v) is 1.85. The summed E-state index contributed by atoms with van der Waals surface area (Å²) in [4.78, 5) is 13.1. The van der Waals surface area contributed by atoms with Crippen molar-refractivity contribution in [1.29, 1.82) is 0 Å². The van der Waals surface area contributed by atoms with E-state index in [-0.39, 0.29) is 6.09 Å². The van der Waals surface area contributed by atoms with Crippen LogP contribution in [0.3, 0.4) is 0 Å². The smallest absolute Gasteiger partial charge is 0.409 e. The second kappa shape index (κ2) is 5.07. The van der Waals surface area contributed by atoms with E-state index in [1.807, 2.05) is 4.90 Å². The van der Waals surface area contributed by atoms with Gasteiger partial charge in [0.1, 0.15) is 0 Å². The topological polar surface area (TPSA) is 55.6 Å². The summed E-state index contributed by atoms with van der Waals surface area (Å²) < 4.78 is 4.70. The lowest BCUT2D eigenvalue weighted by atomic mass is 10.1. The molecule has 4 nitrogen and oxygen atoms in total. The van der Waals surface area contributed by atoms with Crippen LogP contribution in [0.5, 0.6) is 0 Å². The molecule has 1 atom stereocenters. The Hall–Kier alpha value is -0.770. The monoisotopic (exact) mass is 186 g/mol. The summed E-state index contributed by atoms with van der Waals surface area (Å²) in [5.74, 6) is 0. The molecular formula is C9H18N2O2. The van der Waals surface area contributed by atoms with Gasteiger partial charge in [-0.15, -0.1) is 0 Å². The van der Waals surface area contributed by atoms with Crippen molar-refractivity contribution in [2.75, 3.05) is 20.2 Å². The van der Waals surface area contributed by atoms with E-state index < -0.39 is 0 Å². The molecule has 13 heavy (non-hydrogen) atoms. The third kappa shape index (κ3) is 2.59. The molecule has 1 heterocycles. The van der Waals surface area contributed by atoms with Crippen molar-refractivity contribution in [3.63, 3.8) is 0 Å². The van der Waals surface area contributed by atoms with Crippen molar-refractivity contribution in [3.05, 3.63) is 0 Å². The van der Waals surface area contributed by atoms with Gasteiger partial charge in [-0.25, -0.2) is 4.79 Å². The highest BCUT2D eigenvalue weighted by molar-refractivity contribution is 5.68. The van der Waals surface area contributed by atoms with Crippen LogP contribution in [0.4, 0.5) is 4.79 Å². The Kier molecular flexibility index (Phi) is 4.02. The molecule has 0 aliphatic carbocycles. The van der Waals surface area contributed by atoms with Crippen LogP contribution in [-0.2, 0) is 4.74 Å². The molecule has 0 saturated carbocycles. The quantitative estimate of drug-likeness (QED) is 0.714. The third-order valence-corrected chi connectivity index (χ3v) is 2.53. The number of nitrogens with two attached hydrogens (primary N) is 1. The summed E-state index contributed by atoms with van der Waals surface area (Å²) in [5.41, 5.74) is 5.43. The molecule has 0 aromatic carbocycles. The molecule has 1 aliphatic rings. The van der Waals surface area contributed by atoms with Gasteiger partial charge in [-0.3, -0.25) is 0 Å². The summed E-state index contributed by atoms with van der Waals surface area (Å²) in [6, 6.07) is 0.357. The third-order valence-electron chi connectivity index (χ3n) is 2.53. The standard InChI is InChI=1S/C9H18N2O2/c1-13-9(12)11-7-3-5-8(11)4-2-6-10/h8H,2-7,10H2,1H3. The van der Waals surface area contributed by atoms with E-state index >= 15 is 0 Å². The van der Waals surface area contributed by atoms with Gasteiger partial charge in [0, 0.05) is 12.6 Å². The number of amides is 1. The van der Waals surface area contributed by atoms with Crippen LogP contribution in [0.25, 0.3) is 0 Å². The molecule has 4 heteroatoms.